The van der Waals surface area contributed by atoms with E-state index in [1.54, 1.807) is 13.8 Å². The van der Waals surface area contributed by atoms with E-state index in [1.165, 1.54) is 16.7 Å². The van der Waals surface area contributed by atoms with Crippen molar-refractivity contribution in [2.24, 2.45) is 0 Å². The van der Waals surface area contributed by atoms with Crippen LogP contribution in [0.4, 0.5) is 0 Å². The highest BCUT2D eigenvalue weighted by Gasteiger charge is 2.25. The van der Waals surface area contributed by atoms with Gasteiger partial charge in [-0.25, -0.2) is 13.4 Å². The van der Waals surface area contributed by atoms with Crippen LogP contribution < -0.4 is 0 Å². The first kappa shape index (κ1) is 14.1. The highest BCUT2D eigenvalue weighted by atomic mass is 35.7. The summed E-state index contributed by atoms with van der Waals surface area (Å²) in [7, 11) is 1.49. The minimum atomic E-state index is -3.97. The van der Waals surface area contributed by atoms with E-state index in [1.807, 2.05) is 6.07 Å². The molecule has 0 unspecified atom stereocenters. The number of fused-ring (bicyclic) bond motifs is 1. The van der Waals surface area contributed by atoms with Crippen LogP contribution in [-0.4, -0.2) is 17.8 Å². The predicted molar refractivity (Wildman–Crippen MR) is 72.0 cm³/mol. The fraction of sp³-hybridized carbons (Fsp3) is 0.273. The SMILES string of the molecule is CC(C)c1nc2cc(C#N)c(Cl)cn2c1S(=O)(=O)Cl. The van der Waals surface area contributed by atoms with E-state index in [4.69, 9.17) is 27.5 Å². The number of aromatic nitrogens is 2. The van der Waals surface area contributed by atoms with Gasteiger partial charge in [0.2, 0.25) is 0 Å². The van der Waals surface area contributed by atoms with Gasteiger partial charge in [-0.2, -0.15) is 5.26 Å². The molecule has 0 atom stereocenters. The van der Waals surface area contributed by atoms with E-state index in [-0.39, 0.29) is 21.5 Å². The quantitative estimate of drug-likeness (QED) is 0.798. The van der Waals surface area contributed by atoms with E-state index in [9.17, 15) is 8.42 Å². The van der Waals surface area contributed by atoms with Gasteiger partial charge in [0.05, 0.1) is 16.3 Å². The number of halogens is 2. The first-order chi connectivity index (χ1) is 8.75. The lowest BCUT2D eigenvalue weighted by molar-refractivity contribution is 0.601. The Labute approximate surface area is 119 Å². The smallest absolute Gasteiger partial charge is 0.279 e. The summed E-state index contributed by atoms with van der Waals surface area (Å²) in [5, 5.41) is 8.94. The average Bonchev–Trinajstić information content (AvgIpc) is 2.65. The molecule has 8 heteroatoms. The van der Waals surface area contributed by atoms with Crippen molar-refractivity contribution in [3.63, 3.8) is 0 Å². The zero-order valence-corrected chi connectivity index (χ0v) is 12.4. The van der Waals surface area contributed by atoms with Crippen molar-refractivity contribution in [1.82, 2.24) is 9.38 Å². The Morgan fingerprint density at radius 3 is 2.58 bits per heavy atom. The second kappa shape index (κ2) is 4.67. The first-order valence-corrected chi connectivity index (χ1v) is 8.00. The summed E-state index contributed by atoms with van der Waals surface area (Å²) in [5.41, 5.74) is 0.901. The van der Waals surface area contributed by atoms with Gasteiger partial charge < -0.3 is 0 Å². The van der Waals surface area contributed by atoms with Gasteiger partial charge in [-0.1, -0.05) is 25.4 Å². The van der Waals surface area contributed by atoms with E-state index in [0.29, 0.717) is 11.3 Å². The molecule has 19 heavy (non-hydrogen) atoms. The minimum absolute atomic E-state index is 0.106. The molecule has 2 aromatic heterocycles. The van der Waals surface area contributed by atoms with E-state index in [0.717, 1.165) is 0 Å². The molecule has 0 aliphatic carbocycles. The molecule has 0 aliphatic rings. The van der Waals surface area contributed by atoms with E-state index < -0.39 is 9.05 Å². The Morgan fingerprint density at radius 1 is 1.47 bits per heavy atom. The highest BCUT2D eigenvalue weighted by Crippen LogP contribution is 2.29. The summed E-state index contributed by atoms with van der Waals surface area (Å²) in [6, 6.07) is 3.35. The zero-order chi connectivity index (χ0) is 14.4. The molecule has 0 amide bonds. The van der Waals surface area contributed by atoms with Gasteiger partial charge in [0.15, 0.2) is 5.03 Å². The van der Waals surface area contributed by atoms with Crippen LogP contribution in [0.15, 0.2) is 17.3 Å². The third kappa shape index (κ3) is 2.41. The molecule has 100 valence electrons. The Bertz CT molecular complexity index is 803. The van der Waals surface area contributed by atoms with E-state index >= 15 is 0 Å². The van der Waals surface area contributed by atoms with Crippen LogP contribution in [0.25, 0.3) is 5.65 Å². The summed E-state index contributed by atoms with van der Waals surface area (Å²) in [5.74, 6) is -0.132. The van der Waals surface area contributed by atoms with Crippen LogP contribution >= 0.6 is 22.3 Å². The predicted octanol–water partition coefficient (Wildman–Crippen LogP) is 2.91. The Kier molecular flexibility index (Phi) is 3.47. The van der Waals surface area contributed by atoms with Crippen molar-refractivity contribution in [2.45, 2.75) is 24.8 Å². The van der Waals surface area contributed by atoms with Gasteiger partial charge in [-0.15, -0.1) is 0 Å². The number of hydrogen-bond acceptors (Lipinski definition) is 4. The third-order valence-corrected chi connectivity index (χ3v) is 4.20. The third-order valence-electron chi connectivity index (χ3n) is 2.59. The lowest BCUT2D eigenvalue weighted by atomic mass is 10.2. The van der Waals surface area contributed by atoms with Gasteiger partial charge in [-0.05, 0) is 5.92 Å². The Balaban J connectivity index is 2.96. The van der Waals surface area contributed by atoms with Crippen molar-refractivity contribution in [3.05, 3.63) is 28.5 Å². The van der Waals surface area contributed by atoms with Gasteiger partial charge in [0.1, 0.15) is 11.7 Å². The molecular weight excluding hydrogens is 309 g/mol. The van der Waals surface area contributed by atoms with Crippen molar-refractivity contribution in [1.29, 1.82) is 5.26 Å². The number of nitrogens with zero attached hydrogens (tertiary/aromatic N) is 3. The first-order valence-electron chi connectivity index (χ1n) is 5.32. The summed E-state index contributed by atoms with van der Waals surface area (Å²) >= 11 is 5.91. The molecule has 2 aromatic rings. The standard InChI is InChI=1S/C11H9Cl2N3O2S/c1-6(2)10-11(19(13,17)18)16-5-8(12)7(4-14)3-9(16)15-10/h3,5-6H,1-2H3. The van der Waals surface area contributed by atoms with Gasteiger partial charge in [-0.3, -0.25) is 4.40 Å². The van der Waals surface area contributed by atoms with Crippen LogP contribution in [0.5, 0.6) is 0 Å². The topological polar surface area (TPSA) is 75.2 Å². The molecule has 5 nitrogen and oxygen atoms in total. The molecule has 0 radical (unpaired) electrons. The number of nitriles is 1. The van der Waals surface area contributed by atoms with Gasteiger partial charge in [0, 0.05) is 22.9 Å². The van der Waals surface area contributed by atoms with Crippen LogP contribution in [0.1, 0.15) is 31.0 Å². The molecule has 0 N–H and O–H groups in total. The molecule has 0 bridgehead atoms. The highest BCUT2D eigenvalue weighted by molar-refractivity contribution is 8.13. The molecular formula is C11H9Cl2N3O2S. The van der Waals surface area contributed by atoms with Crippen LogP contribution in [0.2, 0.25) is 5.02 Å². The summed E-state index contributed by atoms with van der Waals surface area (Å²) in [6.07, 6.45) is 1.34. The Morgan fingerprint density at radius 2 is 2.11 bits per heavy atom. The number of rotatable bonds is 2. The van der Waals surface area contributed by atoms with Crippen molar-refractivity contribution < 1.29 is 8.42 Å². The molecule has 2 heterocycles. The monoisotopic (exact) mass is 317 g/mol. The van der Waals surface area contributed by atoms with Gasteiger partial charge >= 0.3 is 0 Å². The molecule has 0 saturated carbocycles. The fourth-order valence-corrected chi connectivity index (χ4v) is 3.33. The van der Waals surface area contributed by atoms with Crippen molar-refractivity contribution in [2.75, 3.05) is 0 Å². The van der Waals surface area contributed by atoms with Crippen molar-refractivity contribution in [3.8, 4) is 6.07 Å². The summed E-state index contributed by atoms with van der Waals surface area (Å²) in [6.45, 7) is 3.61. The Hall–Kier alpha value is -1.29. The largest absolute Gasteiger partial charge is 0.288 e. The van der Waals surface area contributed by atoms with Crippen LogP contribution in [0.3, 0.4) is 0 Å². The maximum atomic E-state index is 11.7. The van der Waals surface area contributed by atoms with E-state index in [2.05, 4.69) is 4.98 Å². The molecule has 2 rings (SSSR count). The lowest BCUT2D eigenvalue weighted by Gasteiger charge is -2.04. The summed E-state index contributed by atoms with van der Waals surface area (Å²) in [4.78, 5) is 4.22. The minimum Gasteiger partial charge on any atom is -0.288 e. The molecule has 0 spiro atoms. The molecule has 0 fully saturated rings. The fourth-order valence-electron chi connectivity index (χ4n) is 1.76. The zero-order valence-electron chi connectivity index (χ0n) is 10.1. The van der Waals surface area contributed by atoms with Crippen LogP contribution in [0, 0.1) is 11.3 Å². The van der Waals surface area contributed by atoms with Crippen molar-refractivity contribution >= 4 is 37.0 Å². The molecule has 0 aliphatic heterocycles. The lowest BCUT2D eigenvalue weighted by Crippen LogP contribution is -2.02. The number of imidazole rings is 1. The normalized spacial score (nSPS) is 12.0. The second-order valence-electron chi connectivity index (χ2n) is 4.27. The average molecular weight is 318 g/mol. The number of hydrogen-bond donors (Lipinski definition) is 0. The van der Waals surface area contributed by atoms with Gasteiger partial charge in [0.25, 0.3) is 9.05 Å². The van der Waals surface area contributed by atoms with Crippen LogP contribution in [-0.2, 0) is 9.05 Å². The molecule has 0 saturated heterocycles. The maximum Gasteiger partial charge on any atom is 0.279 e. The summed E-state index contributed by atoms with van der Waals surface area (Å²) < 4.78 is 24.7. The molecule has 0 aromatic carbocycles. The maximum absolute atomic E-state index is 11.7. The second-order valence-corrected chi connectivity index (χ2v) is 7.16. The number of pyridine rings is 1.